The Morgan fingerprint density at radius 1 is 1.25 bits per heavy atom. The third kappa shape index (κ3) is 2.62. The molecule has 2 aliphatic rings. The highest BCUT2D eigenvalue weighted by molar-refractivity contribution is 6.07. The molecule has 0 radical (unpaired) electrons. The number of amides is 1. The van der Waals surface area contributed by atoms with Gasteiger partial charge < -0.3 is 0 Å². The summed E-state index contributed by atoms with van der Waals surface area (Å²) in [7, 11) is 0. The zero-order chi connectivity index (χ0) is 16.5. The molecule has 0 bridgehead atoms. The van der Waals surface area contributed by atoms with Gasteiger partial charge in [0, 0.05) is 42.1 Å². The van der Waals surface area contributed by atoms with E-state index in [0.717, 1.165) is 40.9 Å². The van der Waals surface area contributed by atoms with E-state index in [1.54, 1.807) is 6.20 Å². The van der Waals surface area contributed by atoms with Gasteiger partial charge in [0.1, 0.15) is 0 Å². The second-order valence-electron chi connectivity index (χ2n) is 6.26. The SMILES string of the molecule is CC1CC(=O)NN=C1c1cc2c(c(-c3cccnc3)c1)N=CCC2. The fraction of sp³-hybridized carbons (Fsp3) is 0.263. The van der Waals surface area contributed by atoms with Gasteiger partial charge in [-0.25, -0.2) is 5.43 Å². The van der Waals surface area contributed by atoms with Crippen LogP contribution in [0.1, 0.15) is 30.9 Å². The van der Waals surface area contributed by atoms with E-state index in [2.05, 4.69) is 32.6 Å². The molecule has 1 aromatic heterocycles. The minimum Gasteiger partial charge on any atom is -0.273 e. The van der Waals surface area contributed by atoms with E-state index in [1.807, 2.05) is 31.5 Å². The summed E-state index contributed by atoms with van der Waals surface area (Å²) >= 11 is 0. The summed E-state index contributed by atoms with van der Waals surface area (Å²) in [5.41, 5.74) is 8.94. The Kier molecular flexibility index (Phi) is 3.69. The molecule has 1 N–H and O–H groups in total. The topological polar surface area (TPSA) is 66.7 Å². The predicted molar refractivity (Wildman–Crippen MR) is 94.6 cm³/mol. The molecule has 0 saturated heterocycles. The van der Waals surface area contributed by atoms with Crippen molar-refractivity contribution in [1.29, 1.82) is 0 Å². The first-order valence-electron chi connectivity index (χ1n) is 8.19. The maximum atomic E-state index is 11.5. The van der Waals surface area contributed by atoms with Gasteiger partial charge in [-0.3, -0.25) is 14.8 Å². The smallest absolute Gasteiger partial charge is 0.240 e. The van der Waals surface area contributed by atoms with Crippen LogP contribution in [0.3, 0.4) is 0 Å². The lowest BCUT2D eigenvalue weighted by molar-refractivity contribution is -0.121. The molecule has 120 valence electrons. The summed E-state index contributed by atoms with van der Waals surface area (Å²) in [4.78, 5) is 20.4. The molecule has 0 fully saturated rings. The summed E-state index contributed by atoms with van der Waals surface area (Å²) in [6.07, 6.45) is 7.98. The number of rotatable bonds is 2. The van der Waals surface area contributed by atoms with Crippen molar-refractivity contribution in [3.05, 3.63) is 47.8 Å². The fourth-order valence-corrected chi connectivity index (χ4v) is 3.31. The molecule has 5 nitrogen and oxygen atoms in total. The highest BCUT2D eigenvalue weighted by Gasteiger charge is 2.24. The standard InChI is InChI=1S/C19H18N4O/c1-12-8-17(24)22-23-18(12)15-9-13-4-3-7-21-19(13)16(10-15)14-5-2-6-20-11-14/h2,5-7,9-12H,3-4,8H2,1H3,(H,22,24). The average Bonchev–Trinajstić information content (AvgIpc) is 2.61. The van der Waals surface area contributed by atoms with Crippen molar-refractivity contribution >= 4 is 23.5 Å². The second kappa shape index (κ2) is 6.00. The van der Waals surface area contributed by atoms with Crippen LogP contribution in [0.4, 0.5) is 5.69 Å². The first-order valence-corrected chi connectivity index (χ1v) is 8.19. The average molecular weight is 318 g/mol. The molecule has 5 heteroatoms. The first-order chi connectivity index (χ1) is 11.7. The van der Waals surface area contributed by atoms with Crippen LogP contribution in [0.2, 0.25) is 0 Å². The summed E-state index contributed by atoms with van der Waals surface area (Å²) in [5.74, 6) is 0.0759. The molecule has 1 atom stereocenters. The molecule has 2 aliphatic heterocycles. The van der Waals surface area contributed by atoms with Gasteiger partial charge in [0.2, 0.25) is 5.91 Å². The summed E-state index contributed by atoms with van der Waals surface area (Å²) < 4.78 is 0. The lowest BCUT2D eigenvalue weighted by Gasteiger charge is -2.22. The molecule has 0 saturated carbocycles. The van der Waals surface area contributed by atoms with Gasteiger partial charge in [-0.2, -0.15) is 5.10 Å². The number of nitrogens with zero attached hydrogens (tertiary/aromatic N) is 3. The van der Waals surface area contributed by atoms with E-state index in [-0.39, 0.29) is 11.8 Å². The van der Waals surface area contributed by atoms with E-state index < -0.39 is 0 Å². The number of pyridine rings is 1. The molecule has 0 aliphatic carbocycles. The van der Waals surface area contributed by atoms with Crippen molar-refractivity contribution in [3.63, 3.8) is 0 Å². The zero-order valence-corrected chi connectivity index (χ0v) is 13.5. The van der Waals surface area contributed by atoms with Gasteiger partial charge in [0.05, 0.1) is 11.4 Å². The van der Waals surface area contributed by atoms with Gasteiger partial charge >= 0.3 is 0 Å². The molecule has 1 unspecified atom stereocenters. The van der Waals surface area contributed by atoms with Gasteiger partial charge in [-0.05, 0) is 42.2 Å². The lowest BCUT2D eigenvalue weighted by Crippen LogP contribution is -2.32. The Morgan fingerprint density at radius 2 is 2.17 bits per heavy atom. The highest BCUT2D eigenvalue weighted by atomic mass is 16.2. The Morgan fingerprint density at radius 3 is 2.96 bits per heavy atom. The van der Waals surface area contributed by atoms with Gasteiger partial charge in [-0.1, -0.05) is 13.0 Å². The van der Waals surface area contributed by atoms with Crippen LogP contribution in [0.5, 0.6) is 0 Å². The number of hydrazone groups is 1. The monoisotopic (exact) mass is 318 g/mol. The zero-order valence-electron chi connectivity index (χ0n) is 13.5. The van der Waals surface area contributed by atoms with Crippen LogP contribution >= 0.6 is 0 Å². The second-order valence-corrected chi connectivity index (χ2v) is 6.26. The third-order valence-corrected chi connectivity index (χ3v) is 4.48. The van der Waals surface area contributed by atoms with Gasteiger partial charge in [0.25, 0.3) is 0 Å². The molecular weight excluding hydrogens is 300 g/mol. The highest BCUT2D eigenvalue weighted by Crippen LogP contribution is 2.37. The number of hydrogen-bond acceptors (Lipinski definition) is 4. The Balaban J connectivity index is 1.88. The molecule has 2 aromatic rings. The number of fused-ring (bicyclic) bond motifs is 1. The number of aromatic nitrogens is 1. The molecule has 1 amide bonds. The largest absolute Gasteiger partial charge is 0.273 e. The predicted octanol–water partition coefficient (Wildman–Crippen LogP) is 3.26. The Bertz CT molecular complexity index is 855. The molecule has 24 heavy (non-hydrogen) atoms. The first kappa shape index (κ1) is 14.8. The number of aliphatic imine (C=N–C) groups is 1. The number of carbonyl (C=O) groups excluding carboxylic acids is 1. The van der Waals surface area contributed by atoms with Crippen molar-refractivity contribution < 1.29 is 4.79 Å². The number of benzene rings is 1. The molecule has 1 aromatic carbocycles. The molecule has 0 spiro atoms. The summed E-state index contributed by atoms with van der Waals surface area (Å²) in [5, 5.41) is 4.31. The van der Waals surface area contributed by atoms with E-state index in [4.69, 9.17) is 0 Å². The van der Waals surface area contributed by atoms with Crippen LogP contribution in [-0.4, -0.2) is 22.8 Å². The van der Waals surface area contributed by atoms with Crippen molar-refractivity contribution in [2.24, 2.45) is 16.0 Å². The van der Waals surface area contributed by atoms with Crippen LogP contribution in [0.15, 0.2) is 46.8 Å². The normalized spacial score (nSPS) is 19.5. The van der Waals surface area contributed by atoms with Crippen molar-refractivity contribution in [1.82, 2.24) is 10.4 Å². The minimum absolute atomic E-state index is 0.0266. The van der Waals surface area contributed by atoms with Gasteiger partial charge in [0.15, 0.2) is 0 Å². The molecular formula is C19H18N4O. The summed E-state index contributed by atoms with van der Waals surface area (Å²) in [6.45, 7) is 2.04. The number of hydrogen-bond donors (Lipinski definition) is 1. The Labute approximate surface area is 140 Å². The van der Waals surface area contributed by atoms with Crippen LogP contribution < -0.4 is 5.43 Å². The van der Waals surface area contributed by atoms with Crippen LogP contribution in [0, 0.1) is 5.92 Å². The van der Waals surface area contributed by atoms with Crippen molar-refractivity contribution in [2.75, 3.05) is 0 Å². The maximum Gasteiger partial charge on any atom is 0.240 e. The van der Waals surface area contributed by atoms with Gasteiger partial charge in [-0.15, -0.1) is 0 Å². The van der Waals surface area contributed by atoms with E-state index in [1.165, 1.54) is 5.56 Å². The third-order valence-electron chi connectivity index (χ3n) is 4.48. The maximum absolute atomic E-state index is 11.5. The van der Waals surface area contributed by atoms with E-state index in [0.29, 0.717) is 6.42 Å². The number of carbonyl (C=O) groups is 1. The van der Waals surface area contributed by atoms with E-state index in [9.17, 15) is 4.79 Å². The van der Waals surface area contributed by atoms with Crippen LogP contribution in [-0.2, 0) is 11.2 Å². The summed E-state index contributed by atoms with van der Waals surface area (Å²) in [6, 6.07) is 8.26. The molecule has 4 rings (SSSR count). The molecule has 3 heterocycles. The number of aryl methyl sites for hydroxylation is 1. The quantitative estimate of drug-likeness (QED) is 0.923. The minimum atomic E-state index is -0.0266. The fourth-order valence-electron chi connectivity index (χ4n) is 3.31. The van der Waals surface area contributed by atoms with Crippen molar-refractivity contribution in [2.45, 2.75) is 26.2 Å². The van der Waals surface area contributed by atoms with Crippen molar-refractivity contribution in [3.8, 4) is 11.1 Å². The van der Waals surface area contributed by atoms with E-state index >= 15 is 0 Å². The lowest BCUT2D eigenvalue weighted by atomic mass is 9.88. The Hall–Kier alpha value is -2.82. The number of nitrogens with one attached hydrogen (secondary N) is 1. The van der Waals surface area contributed by atoms with Crippen LogP contribution in [0.25, 0.3) is 11.1 Å².